The molecular formula is C21H28N2O4S. The largest absolute Gasteiger partial charge is 0.493 e. The van der Waals surface area contributed by atoms with Crippen LogP contribution in [0.4, 0.5) is 0 Å². The summed E-state index contributed by atoms with van der Waals surface area (Å²) in [5, 5.41) is 3.04. The Morgan fingerprint density at radius 3 is 2.89 bits per heavy atom. The third-order valence-corrected chi connectivity index (χ3v) is 5.71. The molecule has 2 heterocycles. The normalized spacial score (nSPS) is 17.3. The number of esters is 1. The summed E-state index contributed by atoms with van der Waals surface area (Å²) < 4.78 is 16.2. The van der Waals surface area contributed by atoms with Crippen LogP contribution in [-0.4, -0.2) is 49.3 Å². The van der Waals surface area contributed by atoms with Crippen molar-refractivity contribution in [2.45, 2.75) is 33.2 Å². The molecule has 0 amide bonds. The van der Waals surface area contributed by atoms with Gasteiger partial charge < -0.3 is 14.2 Å². The molecule has 1 atom stereocenters. The van der Waals surface area contributed by atoms with Crippen molar-refractivity contribution in [3.8, 4) is 22.1 Å². The Labute approximate surface area is 170 Å². The van der Waals surface area contributed by atoms with Crippen LogP contribution in [0.25, 0.3) is 10.6 Å². The van der Waals surface area contributed by atoms with E-state index in [4.69, 9.17) is 19.2 Å². The molecule has 0 saturated carbocycles. The molecule has 1 fully saturated rings. The lowest BCUT2D eigenvalue weighted by Gasteiger charge is -2.30. The van der Waals surface area contributed by atoms with Crippen LogP contribution in [0, 0.1) is 5.92 Å². The van der Waals surface area contributed by atoms with Crippen molar-refractivity contribution in [2.75, 3.05) is 33.4 Å². The number of likely N-dealkylation sites (tertiary alicyclic amines) is 1. The number of nitrogens with zero attached hydrogens (tertiary/aromatic N) is 2. The predicted octanol–water partition coefficient (Wildman–Crippen LogP) is 3.99. The molecule has 0 bridgehead atoms. The summed E-state index contributed by atoms with van der Waals surface area (Å²) in [5.74, 6) is 1.35. The molecule has 1 unspecified atom stereocenters. The average Bonchev–Trinajstić information content (AvgIpc) is 3.17. The highest BCUT2D eigenvalue weighted by Gasteiger charge is 2.27. The minimum atomic E-state index is -0.0763. The average molecular weight is 405 g/mol. The van der Waals surface area contributed by atoms with Gasteiger partial charge in [-0.25, -0.2) is 4.98 Å². The van der Waals surface area contributed by atoms with Crippen molar-refractivity contribution in [3.63, 3.8) is 0 Å². The van der Waals surface area contributed by atoms with Crippen molar-refractivity contribution in [3.05, 3.63) is 29.3 Å². The number of carbonyl (C=O) groups excluding carboxylic acids is 1. The summed E-state index contributed by atoms with van der Waals surface area (Å²) in [4.78, 5) is 19.1. The van der Waals surface area contributed by atoms with Gasteiger partial charge in [0, 0.05) is 24.0 Å². The molecule has 3 rings (SSSR count). The first-order chi connectivity index (χ1) is 13.6. The molecule has 2 aromatic rings. The lowest BCUT2D eigenvalue weighted by Crippen LogP contribution is -2.39. The Balaban J connectivity index is 1.66. The van der Waals surface area contributed by atoms with E-state index >= 15 is 0 Å². The maximum Gasteiger partial charge on any atom is 0.310 e. The van der Waals surface area contributed by atoms with Crippen molar-refractivity contribution >= 4 is 17.3 Å². The van der Waals surface area contributed by atoms with Crippen LogP contribution >= 0.6 is 11.3 Å². The molecule has 152 valence electrons. The predicted molar refractivity (Wildman–Crippen MR) is 110 cm³/mol. The number of methoxy groups -OCH3 is 1. The zero-order chi connectivity index (χ0) is 19.9. The van der Waals surface area contributed by atoms with Crippen molar-refractivity contribution < 1.29 is 19.0 Å². The van der Waals surface area contributed by atoms with E-state index in [0.717, 1.165) is 54.5 Å². The molecular weight excluding hydrogens is 376 g/mol. The number of aromatic nitrogens is 1. The highest BCUT2D eigenvalue weighted by atomic mass is 32.1. The highest BCUT2D eigenvalue weighted by molar-refractivity contribution is 7.13. The van der Waals surface area contributed by atoms with Gasteiger partial charge in [-0.3, -0.25) is 9.69 Å². The lowest BCUT2D eigenvalue weighted by molar-refractivity contribution is -0.150. The van der Waals surface area contributed by atoms with Gasteiger partial charge in [0.1, 0.15) is 5.01 Å². The number of benzene rings is 1. The van der Waals surface area contributed by atoms with Crippen LogP contribution in [-0.2, 0) is 16.1 Å². The Morgan fingerprint density at radius 1 is 1.29 bits per heavy atom. The van der Waals surface area contributed by atoms with Gasteiger partial charge in [0.15, 0.2) is 11.5 Å². The minimum Gasteiger partial charge on any atom is -0.493 e. The van der Waals surface area contributed by atoms with E-state index in [1.807, 2.05) is 32.0 Å². The van der Waals surface area contributed by atoms with E-state index < -0.39 is 0 Å². The lowest BCUT2D eigenvalue weighted by atomic mass is 9.98. The van der Waals surface area contributed by atoms with E-state index in [1.54, 1.807) is 18.4 Å². The zero-order valence-electron chi connectivity index (χ0n) is 16.8. The number of rotatable bonds is 8. The summed E-state index contributed by atoms with van der Waals surface area (Å²) in [5.41, 5.74) is 2.04. The van der Waals surface area contributed by atoms with Gasteiger partial charge in [0.05, 0.1) is 31.9 Å². The number of carbonyl (C=O) groups is 1. The third-order valence-electron chi connectivity index (χ3n) is 4.77. The second-order valence-electron chi connectivity index (χ2n) is 6.77. The molecule has 7 heteroatoms. The fraction of sp³-hybridized carbons (Fsp3) is 0.524. The number of hydrogen-bond acceptors (Lipinski definition) is 7. The van der Waals surface area contributed by atoms with Gasteiger partial charge in [0.25, 0.3) is 0 Å². The van der Waals surface area contributed by atoms with Crippen molar-refractivity contribution in [1.82, 2.24) is 9.88 Å². The number of ether oxygens (including phenoxy) is 3. The Morgan fingerprint density at radius 2 is 2.14 bits per heavy atom. The summed E-state index contributed by atoms with van der Waals surface area (Å²) in [6, 6.07) is 5.90. The second-order valence-corrected chi connectivity index (χ2v) is 7.63. The summed E-state index contributed by atoms with van der Waals surface area (Å²) in [6.45, 7) is 7.32. The van der Waals surface area contributed by atoms with Crippen LogP contribution < -0.4 is 9.47 Å². The van der Waals surface area contributed by atoms with Gasteiger partial charge in [-0.1, -0.05) is 0 Å². The van der Waals surface area contributed by atoms with Crippen LogP contribution in [0.5, 0.6) is 11.5 Å². The van der Waals surface area contributed by atoms with Crippen molar-refractivity contribution in [1.29, 1.82) is 0 Å². The fourth-order valence-electron chi connectivity index (χ4n) is 3.47. The molecule has 0 radical (unpaired) electrons. The van der Waals surface area contributed by atoms with E-state index in [1.165, 1.54) is 0 Å². The maximum absolute atomic E-state index is 12.0. The molecule has 28 heavy (non-hydrogen) atoms. The first-order valence-electron chi connectivity index (χ1n) is 9.79. The first kappa shape index (κ1) is 20.6. The van der Waals surface area contributed by atoms with Crippen LogP contribution in [0.1, 0.15) is 32.4 Å². The molecule has 0 N–H and O–H groups in total. The molecule has 6 nitrogen and oxygen atoms in total. The Hall–Kier alpha value is -2.12. The fourth-order valence-corrected chi connectivity index (χ4v) is 4.28. The number of hydrogen-bond donors (Lipinski definition) is 0. The summed E-state index contributed by atoms with van der Waals surface area (Å²) >= 11 is 1.62. The molecule has 0 aliphatic carbocycles. The monoisotopic (exact) mass is 404 g/mol. The van der Waals surface area contributed by atoms with Gasteiger partial charge in [-0.2, -0.15) is 0 Å². The first-order valence-corrected chi connectivity index (χ1v) is 10.7. The number of piperidine rings is 1. The quantitative estimate of drug-likeness (QED) is 0.620. The Kier molecular flexibility index (Phi) is 7.28. The second kappa shape index (κ2) is 9.89. The van der Waals surface area contributed by atoms with Gasteiger partial charge in [0.2, 0.25) is 0 Å². The standard InChI is InChI=1S/C21H28N2O4S/c1-4-26-18-9-8-15(11-19(18)25-3)20-22-17(14-28-20)13-23-10-6-7-16(12-23)21(24)27-5-2/h8-9,11,14,16H,4-7,10,12-13H2,1-3H3. The molecule has 0 spiro atoms. The van der Waals surface area contributed by atoms with Crippen molar-refractivity contribution in [2.24, 2.45) is 5.92 Å². The molecule has 1 aliphatic rings. The maximum atomic E-state index is 12.0. The highest BCUT2D eigenvalue weighted by Crippen LogP contribution is 2.34. The minimum absolute atomic E-state index is 0.0258. The van der Waals surface area contributed by atoms with Gasteiger partial charge in [-0.15, -0.1) is 11.3 Å². The topological polar surface area (TPSA) is 60.9 Å². The SMILES string of the molecule is CCOC(=O)C1CCCN(Cc2csc(-c3ccc(OCC)c(OC)c3)n2)C1. The van der Waals surface area contributed by atoms with Crippen LogP contribution in [0.2, 0.25) is 0 Å². The molecule has 1 saturated heterocycles. The molecule has 1 aromatic carbocycles. The summed E-state index contributed by atoms with van der Waals surface area (Å²) in [7, 11) is 1.64. The third kappa shape index (κ3) is 5.02. The zero-order valence-corrected chi connectivity index (χ0v) is 17.6. The number of thiazole rings is 1. The smallest absolute Gasteiger partial charge is 0.310 e. The Bertz CT molecular complexity index is 792. The van der Waals surface area contributed by atoms with Crippen LogP contribution in [0.3, 0.4) is 0 Å². The molecule has 1 aliphatic heterocycles. The van der Waals surface area contributed by atoms with E-state index in [-0.39, 0.29) is 11.9 Å². The van der Waals surface area contributed by atoms with Gasteiger partial charge in [-0.05, 0) is 51.4 Å². The van der Waals surface area contributed by atoms with E-state index in [2.05, 4.69) is 10.3 Å². The van der Waals surface area contributed by atoms with E-state index in [0.29, 0.717) is 19.0 Å². The van der Waals surface area contributed by atoms with Gasteiger partial charge >= 0.3 is 5.97 Å². The molecule has 1 aromatic heterocycles. The van der Waals surface area contributed by atoms with E-state index in [9.17, 15) is 4.79 Å². The summed E-state index contributed by atoms with van der Waals surface area (Å²) in [6.07, 6.45) is 1.92. The van der Waals surface area contributed by atoms with Crippen LogP contribution in [0.15, 0.2) is 23.6 Å².